The number of carbonyl (C=O) groups excluding carboxylic acids is 3. The van der Waals surface area contributed by atoms with Crippen molar-refractivity contribution in [1.29, 1.82) is 0 Å². The minimum absolute atomic E-state index is 0.00198. The van der Waals surface area contributed by atoms with Crippen molar-refractivity contribution in [3.63, 3.8) is 0 Å². The Balaban J connectivity index is 1.48. The van der Waals surface area contributed by atoms with Crippen LogP contribution in [-0.4, -0.2) is 54.0 Å². The maximum Gasteiger partial charge on any atom is 0.269 e. The number of hydrogen-bond acceptors (Lipinski definition) is 5. The molecule has 37 heavy (non-hydrogen) atoms. The second kappa shape index (κ2) is 11.5. The summed E-state index contributed by atoms with van der Waals surface area (Å²) >= 11 is 0. The van der Waals surface area contributed by atoms with E-state index in [-0.39, 0.29) is 54.2 Å². The quantitative estimate of drug-likeness (QED) is 0.508. The van der Waals surface area contributed by atoms with Gasteiger partial charge in [-0.05, 0) is 55.9 Å². The molecule has 0 spiro atoms. The van der Waals surface area contributed by atoms with E-state index in [0.717, 1.165) is 41.1 Å². The van der Waals surface area contributed by atoms with E-state index in [2.05, 4.69) is 5.32 Å². The van der Waals surface area contributed by atoms with Gasteiger partial charge >= 0.3 is 0 Å². The predicted octanol–water partition coefficient (Wildman–Crippen LogP) is 3.79. The average Bonchev–Trinajstić information content (AvgIpc) is 3.45. The molecule has 198 valence electrons. The lowest BCUT2D eigenvalue weighted by atomic mass is 10.0. The van der Waals surface area contributed by atoms with Crippen LogP contribution in [0.3, 0.4) is 0 Å². The topological polar surface area (TPSA) is 104 Å². The number of carbonyl (C=O) groups is 3. The number of aryl methyl sites for hydroxylation is 1. The smallest absolute Gasteiger partial charge is 0.269 e. The van der Waals surface area contributed by atoms with Crippen LogP contribution in [0.2, 0.25) is 0 Å². The fourth-order valence-electron chi connectivity index (χ4n) is 5.23. The lowest BCUT2D eigenvalue weighted by molar-refractivity contribution is -0.141. The number of amides is 3. The molecule has 2 aromatic carbocycles. The molecule has 2 aliphatic rings. The van der Waals surface area contributed by atoms with E-state index in [1.54, 1.807) is 17.0 Å². The molecule has 1 fully saturated rings. The molecule has 0 saturated heterocycles. The molecule has 1 atom stereocenters. The number of sulfonamides is 1. The van der Waals surface area contributed by atoms with Gasteiger partial charge in [0.05, 0.1) is 5.56 Å². The fourth-order valence-corrected chi connectivity index (χ4v) is 6.84. The first-order valence-electron chi connectivity index (χ1n) is 13.0. The SMILES string of the molecule is CC[C@H](C(=O)NC1CCCC1)N(Cc1ccccc1C)C(=O)CCCN1C(=O)c2ccccc2S1(=O)=O. The van der Waals surface area contributed by atoms with Gasteiger partial charge in [-0.15, -0.1) is 0 Å². The third kappa shape index (κ3) is 5.71. The molecule has 1 saturated carbocycles. The average molecular weight is 526 g/mol. The summed E-state index contributed by atoms with van der Waals surface area (Å²) < 4.78 is 26.5. The first-order valence-corrected chi connectivity index (χ1v) is 14.5. The molecule has 2 aromatic rings. The molecule has 1 aliphatic carbocycles. The molecule has 1 heterocycles. The third-order valence-corrected chi connectivity index (χ3v) is 9.19. The molecule has 1 aliphatic heterocycles. The standard InChI is InChI=1S/C28H35N3O5S/c1-3-24(27(33)29-22-13-6-7-14-22)30(19-21-12-5-4-11-20(21)2)26(32)17-10-18-31-28(34)23-15-8-9-16-25(23)37(31,35)36/h4-5,8-9,11-12,15-16,22,24H,3,6-7,10,13-14,17-19H2,1-2H3,(H,29,33)/t24-/m1/s1. The molecule has 1 N–H and O–H groups in total. The summed E-state index contributed by atoms with van der Waals surface area (Å²) in [7, 11) is -3.92. The zero-order valence-corrected chi connectivity index (χ0v) is 22.3. The molecule has 3 amide bonds. The molecule has 0 unspecified atom stereocenters. The van der Waals surface area contributed by atoms with Gasteiger partial charge in [-0.2, -0.15) is 0 Å². The van der Waals surface area contributed by atoms with Crippen LogP contribution in [0.15, 0.2) is 53.4 Å². The number of fused-ring (bicyclic) bond motifs is 1. The van der Waals surface area contributed by atoms with Crippen LogP contribution >= 0.6 is 0 Å². The van der Waals surface area contributed by atoms with Crippen LogP contribution in [-0.2, 0) is 26.2 Å². The molecule has 0 radical (unpaired) electrons. The Morgan fingerprint density at radius 3 is 2.43 bits per heavy atom. The van der Waals surface area contributed by atoms with Gasteiger partial charge < -0.3 is 10.2 Å². The van der Waals surface area contributed by atoms with Gasteiger partial charge in [-0.3, -0.25) is 14.4 Å². The highest BCUT2D eigenvalue weighted by atomic mass is 32.2. The van der Waals surface area contributed by atoms with Crippen molar-refractivity contribution in [3.05, 3.63) is 65.2 Å². The second-order valence-electron chi connectivity index (χ2n) is 9.84. The van der Waals surface area contributed by atoms with E-state index in [0.29, 0.717) is 6.42 Å². The summed E-state index contributed by atoms with van der Waals surface area (Å²) in [6.07, 6.45) is 4.75. The maximum absolute atomic E-state index is 13.5. The zero-order valence-electron chi connectivity index (χ0n) is 21.5. The van der Waals surface area contributed by atoms with Crippen molar-refractivity contribution in [2.45, 2.75) is 82.3 Å². The maximum atomic E-state index is 13.5. The highest BCUT2D eigenvalue weighted by molar-refractivity contribution is 7.90. The zero-order chi connectivity index (χ0) is 26.6. The van der Waals surface area contributed by atoms with Crippen LogP contribution in [0.5, 0.6) is 0 Å². The van der Waals surface area contributed by atoms with Gasteiger partial charge in [0.25, 0.3) is 15.9 Å². The number of nitrogens with zero attached hydrogens (tertiary/aromatic N) is 2. The Kier molecular flexibility index (Phi) is 8.32. The van der Waals surface area contributed by atoms with E-state index >= 15 is 0 Å². The van der Waals surface area contributed by atoms with Crippen molar-refractivity contribution < 1.29 is 22.8 Å². The summed E-state index contributed by atoms with van der Waals surface area (Å²) in [5.74, 6) is -0.954. The van der Waals surface area contributed by atoms with Gasteiger partial charge in [0.15, 0.2) is 0 Å². The lowest BCUT2D eigenvalue weighted by Gasteiger charge is -2.32. The van der Waals surface area contributed by atoms with E-state index in [1.807, 2.05) is 38.1 Å². The van der Waals surface area contributed by atoms with Crippen molar-refractivity contribution in [2.75, 3.05) is 6.54 Å². The normalized spacial score (nSPS) is 17.5. The van der Waals surface area contributed by atoms with Crippen molar-refractivity contribution in [2.24, 2.45) is 0 Å². The largest absolute Gasteiger partial charge is 0.352 e. The van der Waals surface area contributed by atoms with Gasteiger partial charge in [0.2, 0.25) is 11.8 Å². The van der Waals surface area contributed by atoms with Crippen LogP contribution in [0.4, 0.5) is 0 Å². The van der Waals surface area contributed by atoms with Crippen molar-refractivity contribution in [1.82, 2.24) is 14.5 Å². The summed E-state index contributed by atoms with van der Waals surface area (Å²) in [5.41, 5.74) is 2.14. The Morgan fingerprint density at radius 2 is 1.76 bits per heavy atom. The number of nitrogens with one attached hydrogen (secondary N) is 1. The van der Waals surface area contributed by atoms with Gasteiger partial charge in [-0.25, -0.2) is 12.7 Å². The van der Waals surface area contributed by atoms with E-state index < -0.39 is 22.0 Å². The van der Waals surface area contributed by atoms with Crippen molar-refractivity contribution >= 4 is 27.7 Å². The third-order valence-electron chi connectivity index (χ3n) is 7.35. The summed E-state index contributed by atoms with van der Waals surface area (Å²) in [5, 5.41) is 3.13. The van der Waals surface area contributed by atoms with Gasteiger partial charge in [0.1, 0.15) is 10.9 Å². The fraction of sp³-hybridized carbons (Fsp3) is 0.464. The Hall–Kier alpha value is -3.20. The number of rotatable bonds is 10. The molecule has 0 bridgehead atoms. The lowest BCUT2D eigenvalue weighted by Crippen LogP contribution is -2.51. The minimum Gasteiger partial charge on any atom is -0.352 e. The summed E-state index contributed by atoms with van der Waals surface area (Å²) in [6, 6.07) is 13.4. The molecular formula is C28H35N3O5S. The number of benzene rings is 2. The monoisotopic (exact) mass is 525 g/mol. The van der Waals surface area contributed by atoms with Gasteiger partial charge in [-0.1, -0.05) is 56.2 Å². The molecule has 4 rings (SSSR count). The van der Waals surface area contributed by atoms with Gasteiger partial charge in [0, 0.05) is 25.6 Å². The van der Waals surface area contributed by atoms with E-state index in [4.69, 9.17) is 0 Å². The molecule has 0 aromatic heterocycles. The summed E-state index contributed by atoms with van der Waals surface area (Å²) in [4.78, 5) is 41.1. The van der Waals surface area contributed by atoms with Crippen LogP contribution < -0.4 is 5.32 Å². The first-order chi connectivity index (χ1) is 17.7. The van der Waals surface area contributed by atoms with Crippen LogP contribution in [0, 0.1) is 6.92 Å². The van der Waals surface area contributed by atoms with Crippen molar-refractivity contribution in [3.8, 4) is 0 Å². The van der Waals surface area contributed by atoms with Crippen LogP contribution in [0.25, 0.3) is 0 Å². The highest BCUT2D eigenvalue weighted by Crippen LogP contribution is 2.30. The summed E-state index contributed by atoms with van der Waals surface area (Å²) in [6.45, 7) is 4.06. The molecule has 8 nitrogen and oxygen atoms in total. The Labute approximate surface area is 219 Å². The first kappa shape index (κ1) is 26.9. The second-order valence-corrected chi connectivity index (χ2v) is 11.7. The molecular weight excluding hydrogens is 490 g/mol. The predicted molar refractivity (Wildman–Crippen MR) is 140 cm³/mol. The molecule has 9 heteroatoms. The Bertz CT molecular complexity index is 1270. The van der Waals surface area contributed by atoms with E-state index in [9.17, 15) is 22.8 Å². The van der Waals surface area contributed by atoms with E-state index in [1.165, 1.54) is 12.1 Å². The number of hydrogen-bond donors (Lipinski definition) is 1. The highest BCUT2D eigenvalue weighted by Gasteiger charge is 2.40. The Morgan fingerprint density at radius 1 is 1.08 bits per heavy atom. The minimum atomic E-state index is -3.92. The van der Waals surface area contributed by atoms with Crippen LogP contribution in [0.1, 0.15) is 73.4 Å².